The third-order valence-electron chi connectivity index (χ3n) is 4.72. The summed E-state index contributed by atoms with van der Waals surface area (Å²) in [5, 5.41) is 11.5. The Balaban J connectivity index is 1.92. The van der Waals surface area contributed by atoms with Gasteiger partial charge < -0.3 is 4.74 Å². The average molecular weight is 478 g/mol. The number of rotatable bonds is 5. The molecule has 7 nitrogen and oxygen atoms in total. The van der Waals surface area contributed by atoms with Crippen molar-refractivity contribution >= 4 is 44.7 Å². The maximum atomic E-state index is 13.3. The van der Waals surface area contributed by atoms with Crippen LogP contribution in [0.25, 0.3) is 28.7 Å². The van der Waals surface area contributed by atoms with Crippen molar-refractivity contribution in [3.8, 4) is 11.4 Å². The fraction of sp³-hybridized carbons (Fsp3) is 0.0435. The van der Waals surface area contributed by atoms with Crippen molar-refractivity contribution in [3.63, 3.8) is 0 Å². The van der Waals surface area contributed by atoms with Crippen LogP contribution in [0.1, 0.15) is 11.4 Å². The standard InChI is InChI=1S/C23H16BrN3O4/c1-31-21-12-7-16(24)14-15(21)6-13-22-25-20-5-3-2-4-19(20)23(28)26(22)17-8-10-18(11-9-17)27(29)30/h2-14H,1H3. The van der Waals surface area contributed by atoms with Crippen molar-refractivity contribution < 1.29 is 9.66 Å². The minimum atomic E-state index is -0.481. The predicted octanol–water partition coefficient (Wildman–Crippen LogP) is 5.24. The number of ether oxygens (including phenoxy) is 1. The van der Waals surface area contributed by atoms with Gasteiger partial charge in [-0.2, -0.15) is 0 Å². The molecule has 0 aliphatic carbocycles. The lowest BCUT2D eigenvalue weighted by atomic mass is 10.1. The highest BCUT2D eigenvalue weighted by molar-refractivity contribution is 9.10. The van der Waals surface area contributed by atoms with Crippen molar-refractivity contribution in [2.75, 3.05) is 7.11 Å². The van der Waals surface area contributed by atoms with E-state index in [2.05, 4.69) is 20.9 Å². The van der Waals surface area contributed by atoms with Crippen LogP contribution in [-0.2, 0) is 0 Å². The van der Waals surface area contributed by atoms with Crippen LogP contribution in [0.4, 0.5) is 5.69 Å². The van der Waals surface area contributed by atoms with Gasteiger partial charge in [-0.3, -0.25) is 19.5 Å². The molecule has 3 aromatic carbocycles. The summed E-state index contributed by atoms with van der Waals surface area (Å²) >= 11 is 3.45. The molecule has 4 aromatic rings. The highest BCUT2D eigenvalue weighted by Crippen LogP contribution is 2.25. The van der Waals surface area contributed by atoms with Gasteiger partial charge in [-0.15, -0.1) is 0 Å². The summed E-state index contributed by atoms with van der Waals surface area (Å²) in [6, 6.07) is 18.5. The lowest BCUT2D eigenvalue weighted by Gasteiger charge is -2.11. The minimum absolute atomic E-state index is 0.0542. The van der Waals surface area contributed by atoms with Gasteiger partial charge in [0.1, 0.15) is 11.6 Å². The first-order chi connectivity index (χ1) is 15.0. The van der Waals surface area contributed by atoms with E-state index in [1.165, 1.54) is 28.8 Å². The molecular formula is C23H16BrN3O4. The predicted molar refractivity (Wildman–Crippen MR) is 124 cm³/mol. The molecule has 0 bridgehead atoms. The fourth-order valence-electron chi connectivity index (χ4n) is 3.23. The zero-order valence-electron chi connectivity index (χ0n) is 16.4. The average Bonchev–Trinajstić information content (AvgIpc) is 2.78. The number of nitro groups is 1. The van der Waals surface area contributed by atoms with Crippen molar-refractivity contribution in [2.45, 2.75) is 0 Å². The molecule has 0 amide bonds. The highest BCUT2D eigenvalue weighted by atomic mass is 79.9. The van der Waals surface area contributed by atoms with E-state index in [-0.39, 0.29) is 11.2 Å². The fourth-order valence-corrected chi connectivity index (χ4v) is 3.61. The minimum Gasteiger partial charge on any atom is -0.496 e. The molecule has 0 radical (unpaired) electrons. The van der Waals surface area contributed by atoms with Gasteiger partial charge in [0.25, 0.3) is 11.2 Å². The van der Waals surface area contributed by atoms with Crippen molar-refractivity contribution in [2.24, 2.45) is 0 Å². The van der Waals surface area contributed by atoms with E-state index in [0.717, 1.165) is 10.0 Å². The van der Waals surface area contributed by atoms with E-state index in [9.17, 15) is 14.9 Å². The second-order valence-electron chi connectivity index (χ2n) is 6.62. The number of fused-ring (bicyclic) bond motifs is 1. The molecule has 1 aromatic heterocycles. The first-order valence-corrected chi connectivity index (χ1v) is 10.1. The normalized spacial score (nSPS) is 11.2. The van der Waals surface area contributed by atoms with Gasteiger partial charge in [0.15, 0.2) is 0 Å². The SMILES string of the molecule is COc1ccc(Br)cc1C=Cc1nc2ccccc2c(=O)n1-c1ccc([N+](=O)[O-])cc1. The van der Waals surface area contributed by atoms with Gasteiger partial charge in [-0.1, -0.05) is 28.1 Å². The van der Waals surface area contributed by atoms with E-state index in [0.29, 0.717) is 28.2 Å². The van der Waals surface area contributed by atoms with Crippen LogP contribution in [0.5, 0.6) is 5.75 Å². The molecule has 0 unspecified atom stereocenters. The Hall–Kier alpha value is -3.78. The summed E-state index contributed by atoms with van der Waals surface area (Å²) in [4.78, 5) is 28.5. The summed E-state index contributed by atoms with van der Waals surface area (Å²) in [7, 11) is 1.58. The molecule has 0 spiro atoms. The van der Waals surface area contributed by atoms with Crippen LogP contribution < -0.4 is 10.3 Å². The number of para-hydroxylation sites is 1. The summed E-state index contributed by atoms with van der Waals surface area (Å²) in [5.74, 6) is 1.06. The van der Waals surface area contributed by atoms with Crippen LogP contribution in [-0.4, -0.2) is 21.6 Å². The second kappa shape index (κ2) is 8.53. The van der Waals surface area contributed by atoms with Gasteiger partial charge in [-0.25, -0.2) is 4.98 Å². The molecule has 8 heteroatoms. The maximum absolute atomic E-state index is 13.3. The summed E-state index contributed by atoms with van der Waals surface area (Å²) in [5.41, 5.74) is 1.53. The molecule has 0 aliphatic rings. The van der Waals surface area contributed by atoms with Crippen molar-refractivity contribution in [3.05, 3.63) is 103 Å². The number of non-ortho nitro benzene ring substituents is 1. The molecule has 1 heterocycles. The molecule has 0 fully saturated rings. The molecule has 0 aliphatic heterocycles. The number of nitro benzene ring substituents is 1. The molecule has 154 valence electrons. The van der Waals surface area contributed by atoms with Crippen LogP contribution in [0.3, 0.4) is 0 Å². The maximum Gasteiger partial charge on any atom is 0.269 e. The van der Waals surface area contributed by atoms with Crippen LogP contribution in [0, 0.1) is 10.1 Å². The largest absolute Gasteiger partial charge is 0.496 e. The summed E-state index contributed by atoms with van der Waals surface area (Å²) in [6.07, 6.45) is 3.53. The smallest absolute Gasteiger partial charge is 0.269 e. The number of hydrogen-bond acceptors (Lipinski definition) is 5. The van der Waals surface area contributed by atoms with Crippen molar-refractivity contribution in [1.82, 2.24) is 9.55 Å². The summed E-state index contributed by atoms with van der Waals surface area (Å²) in [6.45, 7) is 0. The zero-order valence-corrected chi connectivity index (χ0v) is 17.9. The van der Waals surface area contributed by atoms with Gasteiger partial charge in [0.2, 0.25) is 0 Å². The van der Waals surface area contributed by atoms with E-state index in [1.807, 2.05) is 30.3 Å². The lowest BCUT2D eigenvalue weighted by Crippen LogP contribution is -2.22. The Labute approximate surface area is 185 Å². The number of halogens is 1. The quantitative estimate of drug-likeness (QED) is 0.289. The molecule has 0 N–H and O–H groups in total. The highest BCUT2D eigenvalue weighted by Gasteiger charge is 2.13. The second-order valence-corrected chi connectivity index (χ2v) is 7.54. The van der Waals surface area contributed by atoms with Crippen LogP contribution in [0.15, 0.2) is 76.0 Å². The van der Waals surface area contributed by atoms with Gasteiger partial charge in [0, 0.05) is 22.2 Å². The Kier molecular flexibility index (Phi) is 5.64. The molecule has 0 saturated carbocycles. The lowest BCUT2D eigenvalue weighted by molar-refractivity contribution is -0.384. The first kappa shape index (κ1) is 20.5. The number of hydrogen-bond donors (Lipinski definition) is 0. The van der Waals surface area contributed by atoms with E-state index in [4.69, 9.17) is 4.74 Å². The Morgan fingerprint density at radius 3 is 2.52 bits per heavy atom. The topological polar surface area (TPSA) is 87.3 Å². The molecule has 4 rings (SSSR count). The van der Waals surface area contributed by atoms with Crippen molar-refractivity contribution in [1.29, 1.82) is 0 Å². The molecular weight excluding hydrogens is 462 g/mol. The van der Waals surface area contributed by atoms with Gasteiger partial charge >= 0.3 is 0 Å². The first-order valence-electron chi connectivity index (χ1n) is 9.26. The molecule has 31 heavy (non-hydrogen) atoms. The summed E-state index contributed by atoms with van der Waals surface area (Å²) < 4.78 is 7.73. The number of nitrogens with zero attached hydrogens (tertiary/aromatic N) is 3. The zero-order chi connectivity index (χ0) is 22.0. The van der Waals surface area contributed by atoms with Crippen LogP contribution in [0.2, 0.25) is 0 Å². The monoisotopic (exact) mass is 477 g/mol. The van der Waals surface area contributed by atoms with E-state index < -0.39 is 4.92 Å². The van der Waals surface area contributed by atoms with E-state index in [1.54, 1.807) is 31.4 Å². The third kappa shape index (κ3) is 4.10. The Morgan fingerprint density at radius 1 is 1.06 bits per heavy atom. The third-order valence-corrected chi connectivity index (χ3v) is 5.22. The van der Waals surface area contributed by atoms with Crippen LogP contribution >= 0.6 is 15.9 Å². The number of aromatic nitrogens is 2. The van der Waals surface area contributed by atoms with E-state index >= 15 is 0 Å². The molecule has 0 atom stereocenters. The van der Waals surface area contributed by atoms with Gasteiger partial charge in [-0.05, 0) is 54.6 Å². The molecule has 0 saturated heterocycles. The number of methoxy groups -OCH3 is 1. The Morgan fingerprint density at radius 2 is 1.81 bits per heavy atom. The van der Waals surface area contributed by atoms with Gasteiger partial charge in [0.05, 0.1) is 28.6 Å². The Bertz CT molecular complexity index is 1380. The number of benzene rings is 3.